The van der Waals surface area contributed by atoms with Gasteiger partial charge in [-0.15, -0.1) is 0 Å². The summed E-state index contributed by atoms with van der Waals surface area (Å²) in [7, 11) is 0. The Kier molecular flexibility index (Phi) is 4.33. The van der Waals surface area contributed by atoms with Crippen molar-refractivity contribution in [1.29, 1.82) is 0 Å². The minimum atomic E-state index is 0.0945. The van der Waals surface area contributed by atoms with E-state index >= 15 is 0 Å². The second-order valence-corrected chi connectivity index (χ2v) is 5.65. The third kappa shape index (κ3) is 3.38. The Morgan fingerprint density at radius 1 is 1.30 bits per heavy atom. The van der Waals surface area contributed by atoms with E-state index in [0.29, 0.717) is 11.9 Å². The maximum Gasteiger partial charge on any atom is 0.222 e. The van der Waals surface area contributed by atoms with Gasteiger partial charge in [-0.2, -0.15) is 0 Å². The Balaban J connectivity index is 1.42. The fourth-order valence-electron chi connectivity index (χ4n) is 2.99. The number of carbonyl (C=O) groups is 1. The molecule has 2 aliphatic rings. The lowest BCUT2D eigenvalue weighted by atomic mass is 10.1. The van der Waals surface area contributed by atoms with Crippen LogP contribution in [0.3, 0.4) is 0 Å². The number of nitrogens with one attached hydrogen (secondary N) is 1. The molecule has 2 fully saturated rings. The molecule has 0 radical (unpaired) electrons. The highest BCUT2D eigenvalue weighted by Crippen LogP contribution is 2.15. The van der Waals surface area contributed by atoms with E-state index in [1.165, 1.54) is 5.56 Å². The molecule has 2 aliphatic heterocycles. The maximum atomic E-state index is 11.5. The lowest BCUT2D eigenvalue weighted by Gasteiger charge is -2.18. The third-order valence-corrected chi connectivity index (χ3v) is 4.08. The van der Waals surface area contributed by atoms with Crippen LogP contribution in [0.5, 0.6) is 0 Å². The molecular weight excluding hydrogens is 252 g/mol. The summed E-state index contributed by atoms with van der Waals surface area (Å²) >= 11 is 0. The second kappa shape index (κ2) is 6.37. The molecule has 0 bridgehead atoms. The number of carbonyl (C=O) groups excluding carboxylic acids is 1. The summed E-state index contributed by atoms with van der Waals surface area (Å²) in [5, 5.41) is 3.52. The predicted octanol–water partition coefficient (Wildman–Crippen LogP) is 1.56. The van der Waals surface area contributed by atoms with Crippen LogP contribution < -0.4 is 5.32 Å². The van der Waals surface area contributed by atoms with Crippen molar-refractivity contribution in [1.82, 2.24) is 10.2 Å². The van der Waals surface area contributed by atoms with Crippen LogP contribution in [0.25, 0.3) is 0 Å². The SMILES string of the molecule is O=C1CCCN1CCC1NC(Cc2ccccc2)CO1. The molecule has 2 unspecified atom stereocenters. The molecule has 1 N–H and O–H groups in total. The van der Waals surface area contributed by atoms with E-state index < -0.39 is 0 Å². The van der Waals surface area contributed by atoms with Gasteiger partial charge in [-0.1, -0.05) is 30.3 Å². The molecule has 3 rings (SSSR count). The quantitative estimate of drug-likeness (QED) is 0.886. The number of likely N-dealkylation sites (tertiary alicyclic amines) is 1. The van der Waals surface area contributed by atoms with Gasteiger partial charge in [0, 0.05) is 32.0 Å². The molecule has 0 aliphatic carbocycles. The van der Waals surface area contributed by atoms with Gasteiger partial charge in [0.2, 0.25) is 5.91 Å². The Hall–Kier alpha value is -1.39. The maximum absolute atomic E-state index is 11.5. The van der Waals surface area contributed by atoms with Crippen molar-refractivity contribution >= 4 is 5.91 Å². The van der Waals surface area contributed by atoms with Crippen LogP contribution >= 0.6 is 0 Å². The summed E-state index contributed by atoms with van der Waals surface area (Å²) < 4.78 is 5.78. The molecule has 2 atom stereocenters. The van der Waals surface area contributed by atoms with E-state index in [0.717, 1.165) is 45.4 Å². The zero-order chi connectivity index (χ0) is 13.8. The second-order valence-electron chi connectivity index (χ2n) is 5.65. The normalized spacial score (nSPS) is 26.4. The van der Waals surface area contributed by atoms with Crippen molar-refractivity contribution in [2.45, 2.75) is 38.0 Å². The highest BCUT2D eigenvalue weighted by atomic mass is 16.5. The fourth-order valence-corrected chi connectivity index (χ4v) is 2.99. The van der Waals surface area contributed by atoms with E-state index in [2.05, 4.69) is 29.6 Å². The van der Waals surface area contributed by atoms with Gasteiger partial charge in [-0.3, -0.25) is 10.1 Å². The minimum absolute atomic E-state index is 0.0945. The van der Waals surface area contributed by atoms with Crippen LogP contribution in [0.15, 0.2) is 30.3 Å². The monoisotopic (exact) mass is 274 g/mol. The Bertz CT molecular complexity index is 449. The van der Waals surface area contributed by atoms with E-state index in [1.807, 2.05) is 11.0 Å². The number of ether oxygens (including phenoxy) is 1. The molecule has 2 saturated heterocycles. The summed E-state index contributed by atoms with van der Waals surface area (Å²) in [6, 6.07) is 10.9. The summed E-state index contributed by atoms with van der Waals surface area (Å²) in [6.45, 7) is 2.49. The number of nitrogens with zero attached hydrogens (tertiary/aromatic N) is 1. The van der Waals surface area contributed by atoms with Crippen molar-refractivity contribution in [3.05, 3.63) is 35.9 Å². The van der Waals surface area contributed by atoms with Crippen molar-refractivity contribution in [2.75, 3.05) is 19.7 Å². The van der Waals surface area contributed by atoms with E-state index in [4.69, 9.17) is 4.74 Å². The molecular formula is C16H22N2O2. The largest absolute Gasteiger partial charge is 0.362 e. The van der Waals surface area contributed by atoms with Crippen LogP contribution in [0.2, 0.25) is 0 Å². The first-order valence-electron chi connectivity index (χ1n) is 7.50. The Morgan fingerprint density at radius 2 is 2.15 bits per heavy atom. The molecule has 20 heavy (non-hydrogen) atoms. The smallest absolute Gasteiger partial charge is 0.222 e. The van der Waals surface area contributed by atoms with E-state index in [1.54, 1.807) is 0 Å². The molecule has 4 nitrogen and oxygen atoms in total. The number of hydrogen-bond acceptors (Lipinski definition) is 3. The van der Waals surface area contributed by atoms with E-state index in [9.17, 15) is 4.79 Å². The van der Waals surface area contributed by atoms with Gasteiger partial charge in [-0.05, 0) is 18.4 Å². The lowest BCUT2D eigenvalue weighted by Crippen LogP contribution is -2.35. The number of amides is 1. The van der Waals surface area contributed by atoms with Crippen LogP contribution in [0, 0.1) is 0 Å². The summed E-state index contributed by atoms with van der Waals surface area (Å²) in [5.74, 6) is 0.295. The van der Waals surface area contributed by atoms with Crippen LogP contribution in [0.4, 0.5) is 0 Å². The predicted molar refractivity (Wildman–Crippen MR) is 77.2 cm³/mol. The topological polar surface area (TPSA) is 41.6 Å². The number of benzene rings is 1. The van der Waals surface area contributed by atoms with Crippen molar-refractivity contribution < 1.29 is 9.53 Å². The highest BCUT2D eigenvalue weighted by molar-refractivity contribution is 5.77. The van der Waals surface area contributed by atoms with Crippen LogP contribution in [-0.4, -0.2) is 42.8 Å². The Morgan fingerprint density at radius 3 is 2.90 bits per heavy atom. The first-order valence-corrected chi connectivity index (χ1v) is 7.50. The van der Waals surface area contributed by atoms with Gasteiger partial charge in [0.1, 0.15) is 6.23 Å². The molecule has 0 spiro atoms. The minimum Gasteiger partial charge on any atom is -0.362 e. The summed E-state index contributed by atoms with van der Waals surface area (Å²) in [5.41, 5.74) is 1.34. The Labute approximate surface area is 120 Å². The first-order chi connectivity index (χ1) is 9.81. The van der Waals surface area contributed by atoms with Crippen molar-refractivity contribution in [2.24, 2.45) is 0 Å². The van der Waals surface area contributed by atoms with Gasteiger partial charge >= 0.3 is 0 Å². The van der Waals surface area contributed by atoms with E-state index in [-0.39, 0.29) is 6.23 Å². The van der Waals surface area contributed by atoms with Gasteiger partial charge in [0.25, 0.3) is 0 Å². The highest BCUT2D eigenvalue weighted by Gasteiger charge is 2.26. The average Bonchev–Trinajstić information content (AvgIpc) is 3.07. The molecule has 0 saturated carbocycles. The molecule has 2 heterocycles. The molecule has 1 aromatic rings. The average molecular weight is 274 g/mol. The van der Waals surface area contributed by atoms with Crippen molar-refractivity contribution in [3.63, 3.8) is 0 Å². The number of rotatable bonds is 5. The van der Waals surface area contributed by atoms with Gasteiger partial charge in [0.15, 0.2) is 0 Å². The van der Waals surface area contributed by atoms with Crippen LogP contribution in [-0.2, 0) is 16.0 Å². The molecule has 0 aromatic heterocycles. The van der Waals surface area contributed by atoms with Gasteiger partial charge in [-0.25, -0.2) is 0 Å². The van der Waals surface area contributed by atoms with Gasteiger partial charge in [0.05, 0.1) is 6.61 Å². The summed E-state index contributed by atoms with van der Waals surface area (Å²) in [4.78, 5) is 13.5. The van der Waals surface area contributed by atoms with Gasteiger partial charge < -0.3 is 9.64 Å². The molecule has 4 heteroatoms. The number of hydrogen-bond donors (Lipinski definition) is 1. The zero-order valence-electron chi connectivity index (χ0n) is 11.8. The van der Waals surface area contributed by atoms with Crippen molar-refractivity contribution in [3.8, 4) is 0 Å². The lowest BCUT2D eigenvalue weighted by molar-refractivity contribution is -0.128. The molecule has 1 aromatic carbocycles. The summed E-state index contributed by atoms with van der Waals surface area (Å²) in [6.07, 6.45) is 3.71. The third-order valence-electron chi connectivity index (χ3n) is 4.08. The molecule has 1 amide bonds. The first kappa shape index (κ1) is 13.6. The fraction of sp³-hybridized carbons (Fsp3) is 0.562. The standard InChI is InChI=1S/C16H22N2O2/c19-16-7-4-9-18(16)10-8-15-17-14(12-20-15)11-13-5-2-1-3-6-13/h1-3,5-6,14-15,17H,4,7-12H2. The molecule has 108 valence electrons. The zero-order valence-corrected chi connectivity index (χ0v) is 11.8. The van der Waals surface area contributed by atoms with Crippen LogP contribution in [0.1, 0.15) is 24.8 Å².